The number of fused-ring (bicyclic) bond motifs is 1. The van der Waals surface area contributed by atoms with Crippen molar-refractivity contribution in [2.45, 2.75) is 0 Å². The summed E-state index contributed by atoms with van der Waals surface area (Å²) in [6.07, 6.45) is 0. The van der Waals surface area contributed by atoms with E-state index < -0.39 is 0 Å². The molecule has 3 N–H and O–H groups in total. The number of H-pyrrole nitrogens is 1. The van der Waals surface area contributed by atoms with Crippen molar-refractivity contribution in [2.24, 2.45) is 10.7 Å². The van der Waals surface area contributed by atoms with Crippen molar-refractivity contribution in [3.05, 3.63) is 23.0 Å². The second kappa shape index (κ2) is 4.04. The monoisotopic (exact) mass is 241 g/mol. The summed E-state index contributed by atoms with van der Waals surface area (Å²) in [7, 11) is 0. The summed E-state index contributed by atoms with van der Waals surface area (Å²) in [6.45, 7) is 0. The number of halogens is 1. The molecule has 6 heteroatoms. The second-order valence-corrected chi connectivity index (χ2v) is 3.57. The molecular formula is C9H8ClN3OS. The normalized spacial score (nSPS) is 12.2. The SMILES string of the molecule is NC(CCl)=Nc1ccc2[nH]c(=S)oc2c1. The molecule has 0 saturated heterocycles. The van der Waals surface area contributed by atoms with E-state index in [9.17, 15) is 0 Å². The summed E-state index contributed by atoms with van der Waals surface area (Å²) in [5.74, 6) is 0.569. The van der Waals surface area contributed by atoms with Crippen LogP contribution in [0.2, 0.25) is 0 Å². The molecule has 0 amide bonds. The molecule has 1 heterocycles. The molecule has 2 aromatic rings. The average molecular weight is 242 g/mol. The van der Waals surface area contributed by atoms with Gasteiger partial charge in [-0.05, 0) is 24.4 Å². The van der Waals surface area contributed by atoms with Crippen LogP contribution in [-0.2, 0) is 0 Å². The maximum absolute atomic E-state index is 5.52. The molecule has 0 radical (unpaired) electrons. The standard InChI is InChI=1S/C9H8ClN3OS/c10-4-8(11)12-5-1-2-6-7(3-5)14-9(15)13-6/h1-3H,4H2,(H2,11,12)(H,13,15). The number of rotatable bonds is 2. The van der Waals surface area contributed by atoms with Crippen molar-refractivity contribution < 1.29 is 4.42 Å². The van der Waals surface area contributed by atoms with Crippen molar-refractivity contribution in [1.82, 2.24) is 4.98 Å². The van der Waals surface area contributed by atoms with E-state index >= 15 is 0 Å². The number of nitrogens with one attached hydrogen (secondary N) is 1. The van der Waals surface area contributed by atoms with Gasteiger partial charge in [0.2, 0.25) is 0 Å². The zero-order valence-corrected chi connectivity index (χ0v) is 9.23. The van der Waals surface area contributed by atoms with Gasteiger partial charge in [-0.3, -0.25) is 0 Å². The third-order valence-corrected chi connectivity index (χ3v) is 2.27. The zero-order valence-electron chi connectivity index (χ0n) is 7.66. The van der Waals surface area contributed by atoms with Crippen LogP contribution < -0.4 is 5.73 Å². The second-order valence-electron chi connectivity index (χ2n) is 2.93. The first-order chi connectivity index (χ1) is 7.19. The van der Waals surface area contributed by atoms with Crippen LogP contribution >= 0.6 is 23.8 Å². The summed E-state index contributed by atoms with van der Waals surface area (Å²) in [6, 6.07) is 5.39. The average Bonchev–Trinajstić information content (AvgIpc) is 2.57. The number of benzene rings is 1. The molecule has 0 spiro atoms. The Hall–Kier alpha value is -1.33. The first-order valence-electron chi connectivity index (χ1n) is 4.21. The van der Waals surface area contributed by atoms with Gasteiger partial charge in [-0.15, -0.1) is 11.6 Å². The maximum atomic E-state index is 5.52. The first-order valence-corrected chi connectivity index (χ1v) is 5.15. The molecule has 0 fully saturated rings. The minimum Gasteiger partial charge on any atom is -0.429 e. The van der Waals surface area contributed by atoms with Gasteiger partial charge in [0.1, 0.15) is 5.84 Å². The van der Waals surface area contributed by atoms with E-state index in [1.54, 1.807) is 6.07 Å². The molecule has 0 aliphatic rings. The lowest BCUT2D eigenvalue weighted by Gasteiger charge is -1.95. The van der Waals surface area contributed by atoms with E-state index in [0.29, 0.717) is 21.9 Å². The highest BCUT2D eigenvalue weighted by atomic mass is 35.5. The Labute approximate surface area is 95.8 Å². The molecule has 0 bridgehead atoms. The fourth-order valence-electron chi connectivity index (χ4n) is 1.20. The number of aromatic nitrogens is 1. The van der Waals surface area contributed by atoms with Crippen LogP contribution in [0.5, 0.6) is 0 Å². The Morgan fingerprint density at radius 2 is 2.40 bits per heavy atom. The number of nitrogens with zero attached hydrogens (tertiary/aromatic N) is 1. The van der Waals surface area contributed by atoms with Crippen molar-refractivity contribution in [1.29, 1.82) is 0 Å². The minimum atomic E-state index is 0.203. The van der Waals surface area contributed by atoms with E-state index in [1.165, 1.54) is 0 Å². The Kier molecular flexibility index (Phi) is 2.75. The van der Waals surface area contributed by atoms with Crippen LogP contribution in [0.1, 0.15) is 0 Å². The molecule has 0 aliphatic heterocycles. The smallest absolute Gasteiger partial charge is 0.266 e. The van der Waals surface area contributed by atoms with Crippen LogP contribution in [0.25, 0.3) is 11.1 Å². The number of aliphatic imine (C=N–C) groups is 1. The van der Waals surface area contributed by atoms with Gasteiger partial charge in [0.05, 0.1) is 17.1 Å². The van der Waals surface area contributed by atoms with Crippen LogP contribution in [0, 0.1) is 4.84 Å². The molecule has 1 aromatic heterocycles. The van der Waals surface area contributed by atoms with Gasteiger partial charge in [-0.1, -0.05) is 0 Å². The van der Waals surface area contributed by atoms with E-state index in [1.807, 2.05) is 12.1 Å². The maximum Gasteiger partial charge on any atom is 0.266 e. The van der Waals surface area contributed by atoms with Crippen LogP contribution in [-0.4, -0.2) is 16.7 Å². The molecular weight excluding hydrogens is 234 g/mol. The molecule has 2 rings (SSSR count). The lowest BCUT2D eigenvalue weighted by molar-refractivity contribution is 0.583. The number of oxazole rings is 1. The molecule has 0 aliphatic carbocycles. The van der Waals surface area contributed by atoms with Crippen LogP contribution in [0.4, 0.5) is 5.69 Å². The Bertz CT molecular complexity index is 572. The molecule has 0 atom stereocenters. The van der Waals surface area contributed by atoms with Gasteiger partial charge < -0.3 is 15.1 Å². The van der Waals surface area contributed by atoms with Gasteiger partial charge >= 0.3 is 0 Å². The summed E-state index contributed by atoms with van der Waals surface area (Å²) in [5.41, 5.74) is 7.70. The number of hydrogen-bond acceptors (Lipinski definition) is 3. The van der Waals surface area contributed by atoms with Crippen molar-refractivity contribution in [3.63, 3.8) is 0 Å². The first kappa shape index (κ1) is 10.2. The third-order valence-electron chi connectivity index (χ3n) is 1.81. The fourth-order valence-corrected chi connectivity index (χ4v) is 1.46. The van der Waals surface area contributed by atoms with Crippen LogP contribution in [0.15, 0.2) is 27.6 Å². The number of hydrogen-bond donors (Lipinski definition) is 2. The highest BCUT2D eigenvalue weighted by molar-refractivity contribution is 7.71. The Balaban J connectivity index is 2.51. The summed E-state index contributed by atoms with van der Waals surface area (Å²) in [4.78, 5) is 7.33. The van der Waals surface area contributed by atoms with E-state index in [0.717, 1.165) is 5.52 Å². The Morgan fingerprint density at radius 3 is 3.13 bits per heavy atom. The summed E-state index contributed by atoms with van der Waals surface area (Å²) < 4.78 is 5.24. The number of alkyl halides is 1. The number of nitrogens with two attached hydrogens (primary N) is 1. The van der Waals surface area contributed by atoms with Gasteiger partial charge in [0.25, 0.3) is 4.84 Å². The molecule has 78 valence electrons. The van der Waals surface area contributed by atoms with Crippen molar-refractivity contribution >= 4 is 46.4 Å². The van der Waals surface area contributed by atoms with Crippen molar-refractivity contribution in [2.75, 3.05) is 5.88 Å². The predicted octanol–water partition coefficient (Wildman–Crippen LogP) is 2.72. The van der Waals surface area contributed by atoms with Crippen molar-refractivity contribution in [3.8, 4) is 0 Å². The van der Waals surface area contributed by atoms with E-state index in [2.05, 4.69) is 9.98 Å². The third kappa shape index (κ3) is 2.19. The van der Waals surface area contributed by atoms with E-state index in [-0.39, 0.29) is 5.88 Å². The largest absolute Gasteiger partial charge is 0.429 e. The van der Waals surface area contributed by atoms with Gasteiger partial charge in [0.15, 0.2) is 5.58 Å². The van der Waals surface area contributed by atoms with Crippen LogP contribution in [0.3, 0.4) is 0 Å². The molecule has 0 saturated carbocycles. The summed E-state index contributed by atoms with van der Waals surface area (Å²) >= 11 is 10.4. The highest BCUT2D eigenvalue weighted by Crippen LogP contribution is 2.20. The molecule has 4 nitrogen and oxygen atoms in total. The number of aromatic amines is 1. The van der Waals surface area contributed by atoms with Gasteiger partial charge in [-0.25, -0.2) is 4.99 Å². The van der Waals surface area contributed by atoms with E-state index in [4.69, 9.17) is 34.0 Å². The lowest BCUT2D eigenvalue weighted by atomic mass is 10.3. The molecule has 0 unspecified atom stereocenters. The molecule has 15 heavy (non-hydrogen) atoms. The minimum absolute atomic E-state index is 0.203. The van der Waals surface area contributed by atoms with Gasteiger partial charge in [-0.2, -0.15) is 0 Å². The quantitative estimate of drug-likeness (QED) is 0.368. The van der Waals surface area contributed by atoms with Gasteiger partial charge in [0, 0.05) is 6.07 Å². The fraction of sp³-hybridized carbons (Fsp3) is 0.111. The zero-order chi connectivity index (χ0) is 10.8. The molecule has 1 aromatic carbocycles. The lowest BCUT2D eigenvalue weighted by Crippen LogP contribution is -2.12. The number of amidine groups is 1. The summed E-state index contributed by atoms with van der Waals surface area (Å²) in [5, 5.41) is 0. The predicted molar refractivity (Wildman–Crippen MR) is 63.4 cm³/mol. The Morgan fingerprint density at radius 1 is 1.60 bits per heavy atom. The topological polar surface area (TPSA) is 67.3 Å². The highest BCUT2D eigenvalue weighted by Gasteiger charge is 2.00.